The van der Waals surface area contributed by atoms with Gasteiger partial charge < -0.3 is 29.2 Å². The Hall–Kier alpha value is -1.71. The van der Waals surface area contributed by atoms with E-state index >= 15 is 0 Å². The normalized spacial score (nSPS) is 32.1. The molecule has 2 N–H and O–H groups in total. The van der Waals surface area contributed by atoms with Crippen LogP contribution in [0.2, 0.25) is 0 Å². The van der Waals surface area contributed by atoms with Gasteiger partial charge in [-0.2, -0.15) is 0 Å². The molecular formula is C12H18O9. The molecule has 21 heavy (non-hydrogen) atoms. The van der Waals surface area contributed by atoms with E-state index in [9.17, 15) is 24.6 Å². The molecule has 0 aromatic rings. The van der Waals surface area contributed by atoms with Gasteiger partial charge in [-0.15, -0.1) is 0 Å². The second-order valence-electron chi connectivity index (χ2n) is 4.51. The number of carbonyl (C=O) groups is 3. The fourth-order valence-electron chi connectivity index (χ4n) is 1.90. The average molecular weight is 306 g/mol. The highest BCUT2D eigenvalue weighted by Gasteiger charge is 2.49. The fourth-order valence-corrected chi connectivity index (χ4v) is 1.90. The van der Waals surface area contributed by atoms with Crippen molar-refractivity contribution in [2.24, 2.45) is 0 Å². The second kappa shape index (κ2) is 7.34. The molecule has 0 aromatic carbocycles. The second-order valence-corrected chi connectivity index (χ2v) is 4.51. The van der Waals surface area contributed by atoms with Crippen LogP contribution < -0.4 is 0 Å². The first-order chi connectivity index (χ1) is 9.72. The number of esters is 3. The van der Waals surface area contributed by atoms with Gasteiger partial charge in [0.2, 0.25) is 0 Å². The molecule has 1 fully saturated rings. The van der Waals surface area contributed by atoms with Gasteiger partial charge in [-0.1, -0.05) is 0 Å². The monoisotopic (exact) mass is 306 g/mol. The van der Waals surface area contributed by atoms with Crippen molar-refractivity contribution in [3.05, 3.63) is 0 Å². The standard InChI is InChI=1S/C12H18O9/c1-5(13)18-4-8-10(19-6(2)14)11(20-7(3)15)9(16)12(17)21-8/h8-12,16-17H,4H2,1-3H3. The van der Waals surface area contributed by atoms with Crippen molar-refractivity contribution >= 4 is 17.9 Å². The number of aliphatic hydroxyl groups excluding tert-OH is 2. The van der Waals surface area contributed by atoms with Gasteiger partial charge in [0.05, 0.1) is 0 Å². The Morgan fingerprint density at radius 3 is 1.95 bits per heavy atom. The molecule has 1 saturated heterocycles. The topological polar surface area (TPSA) is 129 Å². The number of carbonyl (C=O) groups excluding carboxylic acids is 3. The smallest absolute Gasteiger partial charge is 0.303 e. The van der Waals surface area contributed by atoms with E-state index in [1.165, 1.54) is 6.92 Å². The zero-order valence-corrected chi connectivity index (χ0v) is 11.8. The third-order valence-corrected chi connectivity index (χ3v) is 2.69. The highest BCUT2D eigenvalue weighted by atomic mass is 16.7. The predicted octanol–water partition coefficient (Wildman–Crippen LogP) is -1.51. The lowest BCUT2D eigenvalue weighted by Crippen LogP contribution is -2.61. The number of aliphatic hydroxyl groups is 2. The molecule has 1 rings (SSSR count). The van der Waals surface area contributed by atoms with Crippen LogP contribution in [0.1, 0.15) is 20.8 Å². The van der Waals surface area contributed by atoms with E-state index in [1.54, 1.807) is 0 Å². The Bertz CT molecular complexity index is 408. The Morgan fingerprint density at radius 1 is 0.952 bits per heavy atom. The van der Waals surface area contributed by atoms with Crippen LogP contribution in [0.4, 0.5) is 0 Å². The maximum atomic E-state index is 11.1. The summed E-state index contributed by atoms with van der Waals surface area (Å²) in [7, 11) is 0. The first-order valence-corrected chi connectivity index (χ1v) is 6.21. The third-order valence-electron chi connectivity index (χ3n) is 2.69. The summed E-state index contributed by atoms with van der Waals surface area (Å²) in [5.41, 5.74) is 0. The number of ether oxygens (including phenoxy) is 4. The molecule has 0 spiro atoms. The molecule has 120 valence electrons. The summed E-state index contributed by atoms with van der Waals surface area (Å²) >= 11 is 0. The average Bonchev–Trinajstić information content (AvgIpc) is 2.35. The molecule has 0 bridgehead atoms. The Labute approximate surface area is 120 Å². The summed E-state index contributed by atoms with van der Waals surface area (Å²) in [6.07, 6.45) is -6.92. The quantitative estimate of drug-likeness (QED) is 0.470. The Kier molecular flexibility index (Phi) is 6.06. The summed E-state index contributed by atoms with van der Waals surface area (Å²) in [6, 6.07) is 0. The summed E-state index contributed by atoms with van der Waals surface area (Å²) in [5, 5.41) is 19.4. The number of rotatable bonds is 4. The molecule has 0 amide bonds. The number of hydrogen-bond donors (Lipinski definition) is 2. The molecule has 0 radical (unpaired) electrons. The van der Waals surface area contributed by atoms with Crippen LogP contribution in [-0.2, 0) is 33.3 Å². The zero-order valence-electron chi connectivity index (χ0n) is 11.8. The SMILES string of the molecule is CC(=O)OCC1OC(O)C(O)C(OC(C)=O)C1OC(C)=O. The van der Waals surface area contributed by atoms with E-state index in [0.717, 1.165) is 13.8 Å². The minimum Gasteiger partial charge on any atom is -0.463 e. The van der Waals surface area contributed by atoms with Gasteiger partial charge >= 0.3 is 17.9 Å². The van der Waals surface area contributed by atoms with Crippen molar-refractivity contribution in [3.63, 3.8) is 0 Å². The lowest BCUT2D eigenvalue weighted by atomic mass is 9.98. The molecule has 1 aliphatic rings. The van der Waals surface area contributed by atoms with Crippen LogP contribution in [0.5, 0.6) is 0 Å². The Balaban J connectivity index is 2.94. The van der Waals surface area contributed by atoms with Gasteiger partial charge in [0.1, 0.15) is 18.8 Å². The molecule has 1 aliphatic heterocycles. The van der Waals surface area contributed by atoms with E-state index in [1.807, 2.05) is 0 Å². The van der Waals surface area contributed by atoms with Crippen molar-refractivity contribution in [2.75, 3.05) is 6.61 Å². The van der Waals surface area contributed by atoms with Gasteiger partial charge in [0.15, 0.2) is 18.5 Å². The minimum absolute atomic E-state index is 0.338. The molecule has 0 aliphatic carbocycles. The summed E-state index contributed by atoms with van der Waals surface area (Å²) < 4.78 is 19.6. The van der Waals surface area contributed by atoms with Gasteiger partial charge in [-0.05, 0) is 0 Å². The number of hydrogen-bond acceptors (Lipinski definition) is 9. The van der Waals surface area contributed by atoms with E-state index in [2.05, 4.69) is 0 Å². The molecule has 0 saturated carbocycles. The van der Waals surface area contributed by atoms with Crippen molar-refractivity contribution < 1.29 is 43.5 Å². The van der Waals surface area contributed by atoms with Gasteiger partial charge in [0, 0.05) is 20.8 Å². The maximum absolute atomic E-state index is 11.1. The molecule has 1 heterocycles. The maximum Gasteiger partial charge on any atom is 0.303 e. The summed E-state index contributed by atoms with van der Waals surface area (Å²) in [6.45, 7) is 3.04. The van der Waals surface area contributed by atoms with Gasteiger partial charge in [0.25, 0.3) is 0 Å². The lowest BCUT2D eigenvalue weighted by Gasteiger charge is -2.41. The van der Waals surface area contributed by atoms with Crippen molar-refractivity contribution in [1.29, 1.82) is 0 Å². The largest absolute Gasteiger partial charge is 0.463 e. The van der Waals surface area contributed by atoms with E-state index < -0.39 is 48.6 Å². The van der Waals surface area contributed by atoms with Crippen molar-refractivity contribution in [3.8, 4) is 0 Å². The van der Waals surface area contributed by atoms with Crippen molar-refractivity contribution in [2.45, 2.75) is 51.5 Å². The van der Waals surface area contributed by atoms with E-state index in [0.29, 0.717) is 0 Å². The van der Waals surface area contributed by atoms with Crippen LogP contribution in [0.25, 0.3) is 0 Å². The first kappa shape index (κ1) is 17.3. The van der Waals surface area contributed by atoms with Crippen LogP contribution in [0, 0.1) is 0 Å². The highest BCUT2D eigenvalue weighted by molar-refractivity contribution is 5.67. The van der Waals surface area contributed by atoms with Crippen LogP contribution in [0.3, 0.4) is 0 Å². The van der Waals surface area contributed by atoms with E-state index in [-0.39, 0.29) is 6.61 Å². The molecule has 0 aromatic heterocycles. The lowest BCUT2D eigenvalue weighted by molar-refractivity contribution is -0.293. The third kappa shape index (κ3) is 4.96. The van der Waals surface area contributed by atoms with Gasteiger partial charge in [-0.25, -0.2) is 0 Å². The molecule has 9 heteroatoms. The van der Waals surface area contributed by atoms with E-state index in [4.69, 9.17) is 18.9 Å². The Morgan fingerprint density at radius 2 is 1.48 bits per heavy atom. The molecule has 9 nitrogen and oxygen atoms in total. The van der Waals surface area contributed by atoms with Crippen LogP contribution >= 0.6 is 0 Å². The minimum atomic E-state index is -1.68. The molecule has 5 unspecified atom stereocenters. The summed E-state index contributed by atoms with van der Waals surface area (Å²) in [4.78, 5) is 33.1. The molecular weight excluding hydrogens is 288 g/mol. The first-order valence-electron chi connectivity index (χ1n) is 6.21. The zero-order chi connectivity index (χ0) is 16.2. The van der Waals surface area contributed by atoms with Crippen molar-refractivity contribution in [1.82, 2.24) is 0 Å². The fraction of sp³-hybridized carbons (Fsp3) is 0.750. The summed E-state index contributed by atoms with van der Waals surface area (Å²) in [5.74, 6) is -2.06. The predicted molar refractivity (Wildman–Crippen MR) is 64.6 cm³/mol. The van der Waals surface area contributed by atoms with Crippen LogP contribution in [0.15, 0.2) is 0 Å². The highest BCUT2D eigenvalue weighted by Crippen LogP contribution is 2.25. The van der Waals surface area contributed by atoms with Crippen LogP contribution in [-0.4, -0.2) is 65.4 Å². The van der Waals surface area contributed by atoms with Gasteiger partial charge in [-0.3, -0.25) is 14.4 Å². The molecule has 5 atom stereocenters.